The first kappa shape index (κ1) is 13.1. The van der Waals surface area contributed by atoms with Gasteiger partial charge in [-0.1, -0.05) is 18.2 Å². The number of nitrogens with zero attached hydrogens (tertiary/aromatic N) is 1. The summed E-state index contributed by atoms with van der Waals surface area (Å²) in [5, 5.41) is 2.98. The molecule has 2 heterocycles. The highest BCUT2D eigenvalue weighted by molar-refractivity contribution is 7.09. The number of aromatic nitrogens is 1. The number of ether oxygens (including phenoxy) is 2. The number of esters is 1. The van der Waals surface area contributed by atoms with E-state index in [9.17, 15) is 4.79 Å². The first-order chi connectivity index (χ1) is 9.78. The molecule has 5 heteroatoms. The molecule has 0 N–H and O–H groups in total. The highest BCUT2D eigenvalue weighted by Crippen LogP contribution is 2.38. The number of hydrogen-bond donors (Lipinski definition) is 0. The zero-order chi connectivity index (χ0) is 13.9. The van der Waals surface area contributed by atoms with Crippen molar-refractivity contribution in [2.75, 3.05) is 13.7 Å². The summed E-state index contributed by atoms with van der Waals surface area (Å²) in [7, 11) is 1.39. The molecule has 0 fully saturated rings. The molecule has 1 unspecified atom stereocenters. The lowest BCUT2D eigenvalue weighted by Crippen LogP contribution is -2.15. The summed E-state index contributed by atoms with van der Waals surface area (Å²) < 4.78 is 10.3. The Morgan fingerprint density at radius 1 is 1.50 bits per heavy atom. The third-order valence-corrected chi connectivity index (χ3v) is 4.39. The lowest BCUT2D eigenvalue weighted by Gasteiger charge is -2.24. The Hall–Kier alpha value is -1.88. The molecule has 0 amide bonds. The van der Waals surface area contributed by atoms with Crippen molar-refractivity contribution in [3.05, 3.63) is 45.9 Å². The molecule has 0 bridgehead atoms. The fraction of sp³-hybridized carbons (Fsp3) is 0.333. The smallest absolute Gasteiger partial charge is 0.311 e. The molecule has 1 aromatic carbocycles. The molecule has 0 aliphatic carbocycles. The van der Waals surface area contributed by atoms with E-state index in [4.69, 9.17) is 4.74 Å². The number of hydrogen-bond acceptors (Lipinski definition) is 5. The van der Waals surface area contributed by atoms with Crippen LogP contribution in [0.2, 0.25) is 0 Å². The van der Waals surface area contributed by atoms with Crippen LogP contribution in [-0.2, 0) is 16.0 Å². The van der Waals surface area contributed by atoms with Gasteiger partial charge in [0, 0.05) is 16.9 Å². The SMILES string of the molecule is COC(=O)Cc1csc(C2CCOc3ccccc32)n1. The molecule has 1 aliphatic heterocycles. The average molecular weight is 289 g/mol. The van der Waals surface area contributed by atoms with Crippen molar-refractivity contribution in [3.8, 4) is 5.75 Å². The van der Waals surface area contributed by atoms with Crippen LogP contribution in [0.5, 0.6) is 5.75 Å². The van der Waals surface area contributed by atoms with Crippen LogP contribution in [0.25, 0.3) is 0 Å². The normalized spacial score (nSPS) is 17.1. The van der Waals surface area contributed by atoms with Crippen LogP contribution in [0.1, 0.15) is 28.6 Å². The Kier molecular flexibility index (Phi) is 3.69. The summed E-state index contributed by atoms with van der Waals surface area (Å²) in [5.74, 6) is 0.944. The lowest BCUT2D eigenvalue weighted by atomic mass is 9.94. The summed E-state index contributed by atoms with van der Waals surface area (Å²) in [5.41, 5.74) is 1.96. The molecular formula is C15H15NO3S. The molecule has 3 rings (SSSR count). The highest BCUT2D eigenvalue weighted by atomic mass is 32.1. The maximum Gasteiger partial charge on any atom is 0.311 e. The molecule has 1 aromatic heterocycles. The number of carbonyl (C=O) groups excluding carboxylic acids is 1. The molecule has 20 heavy (non-hydrogen) atoms. The Balaban J connectivity index is 1.85. The van der Waals surface area contributed by atoms with Crippen molar-refractivity contribution < 1.29 is 14.3 Å². The van der Waals surface area contributed by atoms with Crippen molar-refractivity contribution >= 4 is 17.3 Å². The molecule has 4 nitrogen and oxygen atoms in total. The number of fused-ring (bicyclic) bond motifs is 1. The second-order valence-corrected chi connectivity index (χ2v) is 5.55. The van der Waals surface area contributed by atoms with E-state index in [1.54, 1.807) is 11.3 Å². The van der Waals surface area contributed by atoms with Crippen LogP contribution in [0, 0.1) is 0 Å². The molecule has 0 saturated heterocycles. The molecule has 1 aliphatic rings. The quantitative estimate of drug-likeness (QED) is 0.815. The van der Waals surface area contributed by atoms with Crippen LogP contribution in [0.4, 0.5) is 0 Å². The van der Waals surface area contributed by atoms with E-state index in [2.05, 4.69) is 15.8 Å². The van der Waals surface area contributed by atoms with E-state index in [1.807, 2.05) is 23.6 Å². The predicted octanol–water partition coefficient (Wildman–Crippen LogP) is 2.77. The Bertz CT molecular complexity index is 623. The van der Waals surface area contributed by atoms with Gasteiger partial charge in [0.2, 0.25) is 0 Å². The molecule has 0 spiro atoms. The molecular weight excluding hydrogens is 274 g/mol. The molecule has 0 saturated carbocycles. The minimum Gasteiger partial charge on any atom is -0.493 e. The van der Waals surface area contributed by atoms with Gasteiger partial charge in [-0.2, -0.15) is 0 Å². The Labute approximate surface area is 121 Å². The van der Waals surface area contributed by atoms with Gasteiger partial charge in [0.15, 0.2) is 0 Å². The zero-order valence-corrected chi connectivity index (χ0v) is 12.0. The highest BCUT2D eigenvalue weighted by Gasteiger charge is 2.25. The van der Waals surface area contributed by atoms with Crippen LogP contribution in [0.15, 0.2) is 29.6 Å². The van der Waals surface area contributed by atoms with E-state index < -0.39 is 0 Å². The van der Waals surface area contributed by atoms with E-state index in [0.29, 0.717) is 6.61 Å². The van der Waals surface area contributed by atoms with Gasteiger partial charge in [-0.25, -0.2) is 4.98 Å². The first-order valence-electron chi connectivity index (χ1n) is 6.51. The second kappa shape index (κ2) is 5.63. The summed E-state index contributed by atoms with van der Waals surface area (Å²) in [6.45, 7) is 0.702. The minimum absolute atomic E-state index is 0.234. The molecule has 104 valence electrons. The van der Waals surface area contributed by atoms with E-state index >= 15 is 0 Å². The summed E-state index contributed by atoms with van der Waals surface area (Å²) in [6, 6.07) is 8.07. The summed E-state index contributed by atoms with van der Waals surface area (Å²) >= 11 is 1.60. The van der Waals surface area contributed by atoms with Crippen molar-refractivity contribution in [3.63, 3.8) is 0 Å². The van der Waals surface area contributed by atoms with Crippen LogP contribution in [-0.4, -0.2) is 24.7 Å². The van der Waals surface area contributed by atoms with Crippen LogP contribution < -0.4 is 4.74 Å². The van der Waals surface area contributed by atoms with Gasteiger partial charge in [-0.05, 0) is 12.5 Å². The number of benzene rings is 1. The van der Waals surface area contributed by atoms with Crippen molar-refractivity contribution in [1.82, 2.24) is 4.98 Å². The fourth-order valence-electron chi connectivity index (χ4n) is 2.38. The second-order valence-electron chi connectivity index (χ2n) is 4.66. The third-order valence-electron chi connectivity index (χ3n) is 3.38. The summed E-state index contributed by atoms with van der Waals surface area (Å²) in [4.78, 5) is 15.9. The standard InChI is InChI=1S/C15H15NO3S/c1-18-14(17)8-10-9-20-15(16-10)12-6-7-19-13-5-3-2-4-11(12)13/h2-5,9,12H,6-8H2,1H3. The number of methoxy groups -OCH3 is 1. The van der Waals surface area contributed by atoms with Crippen LogP contribution in [0.3, 0.4) is 0 Å². The van der Waals surface area contributed by atoms with Crippen molar-refractivity contribution in [2.24, 2.45) is 0 Å². The largest absolute Gasteiger partial charge is 0.493 e. The molecule has 0 radical (unpaired) electrons. The van der Waals surface area contributed by atoms with E-state index in [-0.39, 0.29) is 18.3 Å². The van der Waals surface area contributed by atoms with E-state index in [1.165, 1.54) is 12.7 Å². The topological polar surface area (TPSA) is 48.4 Å². The Morgan fingerprint density at radius 2 is 2.35 bits per heavy atom. The monoisotopic (exact) mass is 289 g/mol. The maximum atomic E-state index is 11.3. The van der Waals surface area contributed by atoms with Crippen LogP contribution >= 0.6 is 11.3 Å². The minimum atomic E-state index is -0.255. The van der Waals surface area contributed by atoms with Gasteiger partial charge < -0.3 is 9.47 Å². The van der Waals surface area contributed by atoms with Gasteiger partial charge >= 0.3 is 5.97 Å². The summed E-state index contributed by atoms with van der Waals surface area (Å²) in [6.07, 6.45) is 1.15. The van der Waals surface area contributed by atoms with Gasteiger partial charge in [0.05, 0.1) is 25.8 Å². The molecule has 1 atom stereocenters. The van der Waals surface area contributed by atoms with Gasteiger partial charge in [-0.3, -0.25) is 4.79 Å². The number of carbonyl (C=O) groups is 1. The number of rotatable bonds is 3. The Morgan fingerprint density at radius 3 is 3.20 bits per heavy atom. The predicted molar refractivity (Wildman–Crippen MR) is 76.2 cm³/mol. The van der Waals surface area contributed by atoms with Gasteiger partial charge in [0.1, 0.15) is 10.8 Å². The number of thiazole rings is 1. The lowest BCUT2D eigenvalue weighted by molar-refractivity contribution is -0.139. The fourth-order valence-corrected chi connectivity index (χ4v) is 3.35. The average Bonchev–Trinajstić information content (AvgIpc) is 2.94. The van der Waals surface area contributed by atoms with Crippen molar-refractivity contribution in [2.45, 2.75) is 18.8 Å². The number of para-hydroxylation sites is 1. The molecule has 2 aromatic rings. The van der Waals surface area contributed by atoms with E-state index in [0.717, 1.165) is 22.9 Å². The zero-order valence-electron chi connectivity index (χ0n) is 11.2. The van der Waals surface area contributed by atoms with Gasteiger partial charge in [-0.15, -0.1) is 11.3 Å². The maximum absolute atomic E-state index is 11.3. The first-order valence-corrected chi connectivity index (χ1v) is 7.38. The van der Waals surface area contributed by atoms with Crippen molar-refractivity contribution in [1.29, 1.82) is 0 Å². The third kappa shape index (κ3) is 2.54. The van der Waals surface area contributed by atoms with Gasteiger partial charge in [0.25, 0.3) is 0 Å².